The Morgan fingerprint density at radius 1 is 1.62 bits per heavy atom. The number of hydrogen-bond donors (Lipinski definition) is 1. The summed E-state index contributed by atoms with van der Waals surface area (Å²) in [5, 5.41) is 2.97. The summed E-state index contributed by atoms with van der Waals surface area (Å²) in [6.45, 7) is 2.78. The molecule has 0 rings (SSSR count). The van der Waals surface area contributed by atoms with E-state index in [4.69, 9.17) is 0 Å². The highest BCUT2D eigenvalue weighted by Crippen LogP contribution is 1.69. The van der Waals surface area contributed by atoms with Crippen LogP contribution in [0.1, 0.15) is 6.92 Å². The van der Waals surface area contributed by atoms with Gasteiger partial charge in [-0.05, 0) is 14.0 Å². The molecule has 0 aromatic heterocycles. The molecule has 0 aliphatic heterocycles. The van der Waals surface area contributed by atoms with Crippen molar-refractivity contribution in [2.75, 3.05) is 13.6 Å². The molecule has 0 spiro atoms. The van der Waals surface area contributed by atoms with Crippen molar-refractivity contribution in [3.05, 3.63) is 12.3 Å². The van der Waals surface area contributed by atoms with Crippen LogP contribution in [0.4, 0.5) is 0 Å². The molecule has 0 bridgehead atoms. The quantitative estimate of drug-likeness (QED) is 0.537. The van der Waals surface area contributed by atoms with Gasteiger partial charge in [-0.3, -0.25) is 4.99 Å². The van der Waals surface area contributed by atoms with Crippen molar-refractivity contribution in [3.63, 3.8) is 0 Å². The summed E-state index contributed by atoms with van der Waals surface area (Å²) in [4.78, 5) is 3.86. The standard InChI is InChI=1S/C6H12N2/c1-3-8-6-4-5-7-2/h3-4,6-7H,5H2,1-2H3/b6-4-,8-3?. The molecule has 0 aliphatic rings. The molecule has 0 atom stereocenters. The van der Waals surface area contributed by atoms with Crippen LogP contribution < -0.4 is 5.32 Å². The Kier molecular flexibility index (Phi) is 5.87. The summed E-state index contributed by atoms with van der Waals surface area (Å²) in [7, 11) is 1.90. The van der Waals surface area contributed by atoms with Crippen molar-refractivity contribution < 1.29 is 0 Å². The molecule has 2 heteroatoms. The van der Waals surface area contributed by atoms with Gasteiger partial charge in [0.05, 0.1) is 0 Å². The number of nitrogens with zero attached hydrogens (tertiary/aromatic N) is 1. The van der Waals surface area contributed by atoms with E-state index in [1.54, 1.807) is 12.4 Å². The Balaban J connectivity index is 3.07. The highest BCUT2D eigenvalue weighted by molar-refractivity contribution is 5.54. The minimum atomic E-state index is 0.886. The molecule has 0 unspecified atom stereocenters. The molecular formula is C6H12N2. The molecule has 0 fully saturated rings. The third-order valence-electron chi connectivity index (χ3n) is 0.663. The molecule has 0 heterocycles. The minimum absolute atomic E-state index is 0.886. The number of nitrogens with one attached hydrogen (secondary N) is 1. The van der Waals surface area contributed by atoms with Gasteiger partial charge in [-0.15, -0.1) is 0 Å². The van der Waals surface area contributed by atoms with Gasteiger partial charge in [0.25, 0.3) is 0 Å². The first-order chi connectivity index (χ1) is 3.91. The lowest BCUT2D eigenvalue weighted by atomic mass is 10.6. The number of aliphatic imine (C=N–C) groups is 1. The fourth-order valence-electron chi connectivity index (χ4n) is 0.317. The van der Waals surface area contributed by atoms with Crippen molar-refractivity contribution in [1.82, 2.24) is 5.32 Å². The molecule has 0 saturated carbocycles. The zero-order valence-electron chi connectivity index (χ0n) is 5.39. The fraction of sp³-hybridized carbons (Fsp3) is 0.500. The van der Waals surface area contributed by atoms with Crippen LogP contribution in [-0.4, -0.2) is 19.8 Å². The molecular weight excluding hydrogens is 100 g/mol. The lowest BCUT2D eigenvalue weighted by molar-refractivity contribution is 0.918. The highest BCUT2D eigenvalue weighted by atomic mass is 14.8. The molecule has 0 saturated heterocycles. The normalized spacial score (nSPS) is 11.8. The highest BCUT2D eigenvalue weighted by Gasteiger charge is 1.64. The molecule has 8 heavy (non-hydrogen) atoms. The van der Waals surface area contributed by atoms with Crippen LogP contribution in [0.2, 0.25) is 0 Å². The van der Waals surface area contributed by atoms with E-state index in [0.717, 1.165) is 6.54 Å². The van der Waals surface area contributed by atoms with Crippen molar-refractivity contribution in [3.8, 4) is 0 Å². The van der Waals surface area contributed by atoms with Gasteiger partial charge >= 0.3 is 0 Å². The van der Waals surface area contributed by atoms with Crippen molar-refractivity contribution in [1.29, 1.82) is 0 Å². The van der Waals surface area contributed by atoms with Gasteiger partial charge in [0, 0.05) is 19.0 Å². The Hall–Kier alpha value is -0.630. The summed E-state index contributed by atoms with van der Waals surface area (Å²) >= 11 is 0. The number of rotatable bonds is 3. The summed E-state index contributed by atoms with van der Waals surface area (Å²) in [5.41, 5.74) is 0. The Morgan fingerprint density at radius 3 is 2.88 bits per heavy atom. The maximum atomic E-state index is 3.86. The van der Waals surface area contributed by atoms with Gasteiger partial charge in [-0.25, -0.2) is 0 Å². The second kappa shape index (κ2) is 6.37. The van der Waals surface area contributed by atoms with E-state index in [9.17, 15) is 0 Å². The molecule has 0 radical (unpaired) electrons. The van der Waals surface area contributed by atoms with E-state index in [0.29, 0.717) is 0 Å². The topological polar surface area (TPSA) is 24.4 Å². The Bertz CT molecular complexity index is 84.5. The van der Waals surface area contributed by atoms with Gasteiger partial charge in [-0.1, -0.05) is 6.08 Å². The summed E-state index contributed by atoms with van der Waals surface area (Å²) < 4.78 is 0. The first-order valence-corrected chi connectivity index (χ1v) is 2.69. The molecule has 0 aliphatic carbocycles. The van der Waals surface area contributed by atoms with E-state index in [-0.39, 0.29) is 0 Å². The SMILES string of the molecule is CC=N/C=C\CNC. The average molecular weight is 112 g/mol. The van der Waals surface area contributed by atoms with Crippen molar-refractivity contribution in [2.24, 2.45) is 4.99 Å². The summed E-state index contributed by atoms with van der Waals surface area (Å²) in [6.07, 6.45) is 5.49. The van der Waals surface area contributed by atoms with Gasteiger partial charge in [0.2, 0.25) is 0 Å². The van der Waals surface area contributed by atoms with Crippen LogP contribution in [0, 0.1) is 0 Å². The Morgan fingerprint density at radius 2 is 2.38 bits per heavy atom. The minimum Gasteiger partial charge on any atom is -0.316 e. The van der Waals surface area contributed by atoms with Gasteiger partial charge in [-0.2, -0.15) is 0 Å². The van der Waals surface area contributed by atoms with E-state index < -0.39 is 0 Å². The fourth-order valence-corrected chi connectivity index (χ4v) is 0.317. The number of likely N-dealkylation sites (N-methyl/N-ethyl adjacent to an activating group) is 1. The van der Waals surface area contributed by atoms with E-state index in [1.807, 2.05) is 20.0 Å². The lowest BCUT2D eigenvalue weighted by Gasteiger charge is -1.82. The average Bonchev–Trinajstić information content (AvgIpc) is 1.81. The monoisotopic (exact) mass is 112 g/mol. The van der Waals surface area contributed by atoms with Crippen LogP contribution in [0.25, 0.3) is 0 Å². The van der Waals surface area contributed by atoms with E-state index in [1.165, 1.54) is 0 Å². The third-order valence-corrected chi connectivity index (χ3v) is 0.663. The predicted octanol–water partition coefficient (Wildman–Crippen LogP) is 0.810. The van der Waals surface area contributed by atoms with Crippen LogP contribution in [0.15, 0.2) is 17.3 Å². The van der Waals surface area contributed by atoms with E-state index >= 15 is 0 Å². The van der Waals surface area contributed by atoms with Crippen LogP contribution in [-0.2, 0) is 0 Å². The zero-order chi connectivity index (χ0) is 6.24. The van der Waals surface area contributed by atoms with Crippen LogP contribution >= 0.6 is 0 Å². The molecule has 0 aromatic carbocycles. The smallest absolute Gasteiger partial charge is 0.0236 e. The van der Waals surface area contributed by atoms with Crippen LogP contribution in [0.3, 0.4) is 0 Å². The summed E-state index contributed by atoms with van der Waals surface area (Å²) in [5.74, 6) is 0. The first kappa shape index (κ1) is 7.37. The zero-order valence-corrected chi connectivity index (χ0v) is 5.39. The molecule has 1 N–H and O–H groups in total. The molecule has 0 amide bonds. The van der Waals surface area contributed by atoms with Gasteiger partial charge in [0.1, 0.15) is 0 Å². The van der Waals surface area contributed by atoms with Crippen molar-refractivity contribution in [2.45, 2.75) is 6.92 Å². The predicted molar refractivity (Wildman–Crippen MR) is 37.2 cm³/mol. The van der Waals surface area contributed by atoms with Gasteiger partial charge < -0.3 is 5.32 Å². The van der Waals surface area contributed by atoms with Gasteiger partial charge in [0.15, 0.2) is 0 Å². The van der Waals surface area contributed by atoms with E-state index in [2.05, 4.69) is 10.3 Å². The molecule has 2 nitrogen and oxygen atoms in total. The van der Waals surface area contributed by atoms with Crippen molar-refractivity contribution >= 4 is 6.21 Å². The maximum Gasteiger partial charge on any atom is 0.0236 e. The summed E-state index contributed by atoms with van der Waals surface area (Å²) in [6, 6.07) is 0. The maximum absolute atomic E-state index is 3.86. The third kappa shape index (κ3) is 5.37. The largest absolute Gasteiger partial charge is 0.316 e. The number of hydrogen-bond acceptors (Lipinski definition) is 2. The Labute approximate surface area is 50.3 Å². The first-order valence-electron chi connectivity index (χ1n) is 2.69. The second-order valence-electron chi connectivity index (χ2n) is 1.35. The van der Waals surface area contributed by atoms with Crippen LogP contribution in [0.5, 0.6) is 0 Å². The lowest BCUT2D eigenvalue weighted by Crippen LogP contribution is -2.03. The molecule has 0 aromatic rings. The molecule has 46 valence electrons. The second-order valence-corrected chi connectivity index (χ2v) is 1.35.